The van der Waals surface area contributed by atoms with Gasteiger partial charge >= 0.3 is 0 Å². The first-order valence-electron chi connectivity index (χ1n) is 5.32. The summed E-state index contributed by atoms with van der Waals surface area (Å²) in [6.07, 6.45) is -1.48. The highest BCUT2D eigenvalue weighted by atomic mass is 16.5. The topological polar surface area (TPSA) is 66.8 Å². The lowest BCUT2D eigenvalue weighted by molar-refractivity contribution is 0.0825. The van der Waals surface area contributed by atoms with Crippen molar-refractivity contribution in [2.24, 2.45) is 0 Å². The molecule has 0 bridgehead atoms. The maximum absolute atomic E-state index is 11.2. The van der Waals surface area contributed by atoms with E-state index < -0.39 is 12.2 Å². The van der Waals surface area contributed by atoms with Gasteiger partial charge in [0.15, 0.2) is 11.9 Å². The second kappa shape index (κ2) is 4.31. The van der Waals surface area contributed by atoms with E-state index >= 15 is 0 Å². The third-order valence-electron chi connectivity index (χ3n) is 2.88. The molecule has 2 rings (SSSR count). The molecule has 2 N–H and O–H groups in total. The smallest absolute Gasteiger partial charge is 0.159 e. The van der Waals surface area contributed by atoms with Gasteiger partial charge in [0.25, 0.3) is 0 Å². The van der Waals surface area contributed by atoms with E-state index in [0.717, 1.165) is 0 Å². The number of carbonyl (C=O) groups excluding carboxylic acids is 1. The summed E-state index contributed by atoms with van der Waals surface area (Å²) in [7, 11) is 0. The van der Waals surface area contributed by atoms with Crippen molar-refractivity contribution in [2.45, 2.75) is 19.1 Å². The summed E-state index contributed by atoms with van der Waals surface area (Å²) in [5.41, 5.74) is 1.57. The summed E-state index contributed by atoms with van der Waals surface area (Å²) in [4.78, 5) is 11.2. The van der Waals surface area contributed by atoms with Crippen LogP contribution in [0.25, 0.3) is 0 Å². The molecule has 0 unspecified atom stereocenters. The quantitative estimate of drug-likeness (QED) is 0.610. The van der Waals surface area contributed by atoms with E-state index in [1.54, 1.807) is 18.2 Å². The van der Waals surface area contributed by atoms with Crippen molar-refractivity contribution in [3.8, 4) is 5.75 Å². The van der Waals surface area contributed by atoms with Crippen molar-refractivity contribution in [3.05, 3.63) is 41.5 Å². The normalized spacial score (nSPS) is 21.8. The lowest BCUT2D eigenvalue weighted by Gasteiger charge is -2.15. The van der Waals surface area contributed by atoms with Gasteiger partial charge in [-0.25, -0.2) is 0 Å². The second-order valence-electron chi connectivity index (χ2n) is 4.11. The molecule has 4 nitrogen and oxygen atoms in total. The Morgan fingerprint density at radius 1 is 1.53 bits per heavy atom. The first-order chi connectivity index (χ1) is 8.04. The SMILES string of the molecule is C=C(CO)[C@@H]1Oc2cc(C(C)=O)ccc2[C@@H]1O. The van der Waals surface area contributed by atoms with Gasteiger partial charge in [-0.1, -0.05) is 18.7 Å². The van der Waals surface area contributed by atoms with Gasteiger partial charge in [-0.3, -0.25) is 4.79 Å². The number of fused-ring (bicyclic) bond motifs is 1. The van der Waals surface area contributed by atoms with Crippen LogP contribution in [0.4, 0.5) is 0 Å². The summed E-state index contributed by atoms with van der Waals surface area (Å²) >= 11 is 0. The molecule has 0 radical (unpaired) electrons. The maximum Gasteiger partial charge on any atom is 0.159 e. The van der Waals surface area contributed by atoms with Gasteiger partial charge in [0.2, 0.25) is 0 Å². The van der Waals surface area contributed by atoms with Crippen LogP contribution < -0.4 is 4.74 Å². The second-order valence-corrected chi connectivity index (χ2v) is 4.11. The third kappa shape index (κ3) is 1.97. The molecule has 1 aliphatic heterocycles. The minimum absolute atomic E-state index is 0.0599. The van der Waals surface area contributed by atoms with Gasteiger partial charge in [-0.2, -0.15) is 0 Å². The highest BCUT2D eigenvalue weighted by molar-refractivity contribution is 5.94. The number of hydrogen-bond donors (Lipinski definition) is 2. The standard InChI is InChI=1S/C13H14O4/c1-7(6-14)13-12(16)10-4-3-9(8(2)15)5-11(10)17-13/h3-5,12-14,16H,1,6H2,2H3/t12-,13-/m0/s1. The van der Waals surface area contributed by atoms with Crippen LogP contribution in [-0.2, 0) is 0 Å². The Morgan fingerprint density at radius 3 is 2.82 bits per heavy atom. The number of ketones is 1. The molecule has 0 amide bonds. The van der Waals surface area contributed by atoms with Gasteiger partial charge in [-0.05, 0) is 18.6 Å². The van der Waals surface area contributed by atoms with Gasteiger partial charge in [0, 0.05) is 11.1 Å². The van der Waals surface area contributed by atoms with Gasteiger partial charge in [0.05, 0.1) is 6.61 Å². The molecule has 1 heterocycles. The molecular formula is C13H14O4. The van der Waals surface area contributed by atoms with Crippen LogP contribution in [0.1, 0.15) is 28.9 Å². The van der Waals surface area contributed by atoms with Crippen LogP contribution >= 0.6 is 0 Å². The number of benzene rings is 1. The van der Waals surface area contributed by atoms with E-state index in [4.69, 9.17) is 9.84 Å². The lowest BCUT2D eigenvalue weighted by Crippen LogP contribution is -2.22. The fraction of sp³-hybridized carbons (Fsp3) is 0.308. The fourth-order valence-electron chi connectivity index (χ4n) is 1.86. The molecule has 0 aliphatic carbocycles. The van der Waals surface area contributed by atoms with Crippen LogP contribution in [0.15, 0.2) is 30.4 Å². The molecule has 0 saturated carbocycles. The first-order valence-corrected chi connectivity index (χ1v) is 5.32. The number of Topliss-reactive ketones (excluding diaryl/α,β-unsaturated/α-hetero) is 1. The van der Waals surface area contributed by atoms with Crippen molar-refractivity contribution < 1.29 is 19.7 Å². The summed E-state index contributed by atoms with van der Waals surface area (Å²) in [5.74, 6) is 0.417. The van der Waals surface area contributed by atoms with Crippen LogP contribution in [0.3, 0.4) is 0 Å². The predicted molar refractivity (Wildman–Crippen MR) is 62.0 cm³/mol. The molecule has 1 aliphatic rings. The van der Waals surface area contributed by atoms with Crippen LogP contribution in [0.2, 0.25) is 0 Å². The molecule has 0 aromatic heterocycles. The monoisotopic (exact) mass is 234 g/mol. The largest absolute Gasteiger partial charge is 0.482 e. The van der Waals surface area contributed by atoms with Gasteiger partial charge < -0.3 is 14.9 Å². The molecule has 0 spiro atoms. The number of hydrogen-bond acceptors (Lipinski definition) is 4. The zero-order valence-electron chi connectivity index (χ0n) is 9.51. The number of ether oxygens (including phenoxy) is 1. The Morgan fingerprint density at radius 2 is 2.24 bits per heavy atom. The summed E-state index contributed by atoms with van der Waals surface area (Å²) in [5, 5.41) is 19.0. The Balaban J connectivity index is 2.34. The Labute approximate surface area is 99.2 Å². The number of aliphatic hydroxyl groups is 2. The predicted octanol–water partition coefficient (Wildman–Crippen LogP) is 1.23. The summed E-state index contributed by atoms with van der Waals surface area (Å²) < 4.78 is 5.50. The molecular weight excluding hydrogens is 220 g/mol. The van der Waals surface area contributed by atoms with Crippen LogP contribution in [0.5, 0.6) is 5.75 Å². The first kappa shape index (κ1) is 11.8. The molecule has 0 saturated heterocycles. The van der Waals surface area contributed by atoms with Crippen LogP contribution in [-0.4, -0.2) is 28.7 Å². The molecule has 0 fully saturated rings. The van der Waals surface area contributed by atoms with E-state index in [9.17, 15) is 9.90 Å². The van der Waals surface area contributed by atoms with Crippen molar-refractivity contribution in [1.29, 1.82) is 0 Å². The van der Waals surface area contributed by atoms with Crippen molar-refractivity contribution in [3.63, 3.8) is 0 Å². The Hall–Kier alpha value is -1.65. The van der Waals surface area contributed by atoms with Gasteiger partial charge in [-0.15, -0.1) is 0 Å². The zero-order valence-corrected chi connectivity index (χ0v) is 9.51. The third-order valence-corrected chi connectivity index (χ3v) is 2.88. The number of carbonyl (C=O) groups is 1. The average molecular weight is 234 g/mol. The molecule has 17 heavy (non-hydrogen) atoms. The van der Waals surface area contributed by atoms with E-state index in [-0.39, 0.29) is 12.4 Å². The minimum Gasteiger partial charge on any atom is -0.482 e. The highest BCUT2D eigenvalue weighted by Crippen LogP contribution is 2.39. The number of rotatable bonds is 3. The fourth-order valence-corrected chi connectivity index (χ4v) is 1.86. The lowest BCUT2D eigenvalue weighted by atomic mass is 10.0. The Kier molecular flexibility index (Phi) is 3.00. The molecule has 1 aromatic carbocycles. The van der Waals surface area contributed by atoms with Crippen molar-refractivity contribution in [2.75, 3.05) is 6.61 Å². The van der Waals surface area contributed by atoms with Gasteiger partial charge in [0.1, 0.15) is 11.9 Å². The average Bonchev–Trinajstić information content (AvgIpc) is 2.65. The molecule has 90 valence electrons. The van der Waals surface area contributed by atoms with E-state index in [2.05, 4.69) is 6.58 Å². The zero-order chi connectivity index (χ0) is 12.6. The molecule has 4 heteroatoms. The summed E-state index contributed by atoms with van der Waals surface area (Å²) in [6.45, 7) is 4.87. The Bertz CT molecular complexity index is 478. The van der Waals surface area contributed by atoms with Crippen molar-refractivity contribution >= 4 is 5.78 Å². The minimum atomic E-state index is -0.842. The molecule has 1 aromatic rings. The van der Waals surface area contributed by atoms with E-state index in [1.807, 2.05) is 0 Å². The van der Waals surface area contributed by atoms with E-state index in [0.29, 0.717) is 22.4 Å². The molecule has 2 atom stereocenters. The number of aliphatic hydroxyl groups excluding tert-OH is 2. The van der Waals surface area contributed by atoms with Crippen LogP contribution in [0, 0.1) is 0 Å². The highest BCUT2D eigenvalue weighted by Gasteiger charge is 2.34. The van der Waals surface area contributed by atoms with E-state index in [1.165, 1.54) is 6.92 Å². The maximum atomic E-state index is 11.2. The van der Waals surface area contributed by atoms with Crippen molar-refractivity contribution in [1.82, 2.24) is 0 Å². The summed E-state index contributed by atoms with van der Waals surface area (Å²) in [6, 6.07) is 4.92.